The van der Waals surface area contributed by atoms with E-state index in [1.807, 2.05) is 137 Å². The van der Waals surface area contributed by atoms with Crippen molar-refractivity contribution in [3.05, 3.63) is 185 Å². The molecule has 6 unspecified atom stereocenters. The highest BCUT2D eigenvalue weighted by atomic mass is 32.1. The zero-order valence-corrected chi connectivity index (χ0v) is 58.8. The first kappa shape index (κ1) is 72.9. The number of carbonyl (C=O) groups excluding carboxylic acids is 5. The van der Waals surface area contributed by atoms with Gasteiger partial charge in [0.05, 0.1) is 173 Å². The van der Waals surface area contributed by atoms with Crippen LogP contribution in [0.3, 0.4) is 0 Å². The fourth-order valence-electron chi connectivity index (χ4n) is 15.9. The first-order chi connectivity index (χ1) is 43.9. The van der Waals surface area contributed by atoms with Crippen molar-refractivity contribution in [3.63, 3.8) is 0 Å². The van der Waals surface area contributed by atoms with Gasteiger partial charge in [-0.3, -0.25) is 0 Å². The lowest BCUT2D eigenvalue weighted by molar-refractivity contribution is -0.918. The van der Waals surface area contributed by atoms with Gasteiger partial charge in [-0.25, -0.2) is 37.4 Å². The standard InChI is InChI=1S/C27H38N2O3.C26H36N2O3.C24H36N2O2S/c1-6-25(30)29(4,24-15-11-8-12-16-24)27(26(31)32-5)18-20-28(3,21-22(27)2)19-17-23-13-9-7-10-14-23;1-5-24(29)28(3,23-14-10-7-11-15-23)26(25(30)31-4)17-20-27(2,21-18-26)19-16-22-12-8-6-9-13-22;1-5-23(27)26(3,21-10-7-6-8-11-21)24(20-28-4)14-17-25(2,18-15-24)16-13-22-12-9-19-29-22/h7-16,22H,6,17-21H2,1-5H3;6-15H,5,16-21H2,1-4H3;6-12,19H,5,13-18,20H2,1-4H3/q3*+2. The van der Waals surface area contributed by atoms with E-state index in [9.17, 15) is 24.0 Å². The van der Waals surface area contributed by atoms with Gasteiger partial charge in [-0.2, -0.15) is 0 Å². The van der Waals surface area contributed by atoms with Crippen molar-refractivity contribution in [3.8, 4) is 0 Å². The van der Waals surface area contributed by atoms with Gasteiger partial charge in [0.25, 0.3) is 0 Å². The first-order valence-electron chi connectivity index (χ1n) is 33.6. The van der Waals surface area contributed by atoms with E-state index in [4.69, 9.17) is 14.2 Å². The van der Waals surface area contributed by atoms with E-state index >= 15 is 0 Å². The number of hydrogen-bond acceptors (Lipinski definition) is 9. The second-order valence-corrected chi connectivity index (χ2v) is 28.7. The fourth-order valence-corrected chi connectivity index (χ4v) is 16.6. The van der Waals surface area contributed by atoms with Crippen LogP contribution >= 0.6 is 11.3 Å². The zero-order chi connectivity index (χ0) is 66.9. The molecule has 3 fully saturated rings. The molecule has 0 N–H and O–H groups in total. The number of hydrogen-bond donors (Lipinski definition) is 0. The average Bonchev–Trinajstić information content (AvgIpc) is 0.780. The molecule has 6 atom stereocenters. The molecular formula is C77H110N6O8S+6. The summed E-state index contributed by atoms with van der Waals surface area (Å²) in [6, 6.07) is 55.2. The molecule has 0 bridgehead atoms. The number of likely N-dealkylation sites (N-methyl/N-ethyl adjacent to an activating group) is 6. The Morgan fingerprint density at radius 2 is 0.848 bits per heavy atom. The third-order valence-corrected chi connectivity index (χ3v) is 23.2. The number of quaternary nitrogens is 6. The molecule has 15 heteroatoms. The Kier molecular flexibility index (Phi) is 25.0. The third-order valence-electron chi connectivity index (χ3n) is 22.3. The third kappa shape index (κ3) is 15.2. The van der Waals surface area contributed by atoms with E-state index in [1.54, 1.807) is 7.11 Å². The second-order valence-electron chi connectivity index (χ2n) is 27.6. The van der Waals surface area contributed by atoms with Crippen molar-refractivity contribution in [2.45, 2.75) is 115 Å². The van der Waals surface area contributed by atoms with Crippen molar-refractivity contribution < 1.29 is 51.6 Å². The molecule has 3 saturated heterocycles. The SMILES string of the molecule is CCC(=O)[N+](C)(c1ccccc1)C1(C(=O)OC)CC[N+](C)(CCc2ccccc2)CC1.CCC(=O)[N+](C)(c1ccccc1)C1(C(=O)OC)CC[N+](C)(CCc2ccccc2)CC1C.CCC(=O)[N+](C)(c1ccccc1)C1(COC)CC[N+](C)(CCc2cccs2)CC1. The number of benzene rings is 5. The number of nitrogens with zero attached hydrogens (tertiary/aromatic N) is 6. The van der Waals surface area contributed by atoms with E-state index in [-0.39, 0.29) is 50.1 Å². The van der Waals surface area contributed by atoms with Crippen molar-refractivity contribution >= 4 is 58.1 Å². The minimum atomic E-state index is -0.951. The smallest absolute Gasteiger partial charge is 0.369 e. The molecule has 5 aromatic carbocycles. The largest absolute Gasteiger partial charge is 0.464 e. The molecule has 496 valence electrons. The molecule has 3 amide bonds. The second kappa shape index (κ2) is 31.6. The van der Waals surface area contributed by atoms with Gasteiger partial charge >= 0.3 is 29.7 Å². The Balaban J connectivity index is 0.000000196. The van der Waals surface area contributed by atoms with Crippen LogP contribution in [-0.2, 0) is 57.4 Å². The van der Waals surface area contributed by atoms with Crippen LogP contribution in [0.5, 0.6) is 0 Å². The molecular weight excluding hydrogens is 1170 g/mol. The minimum absolute atomic E-state index is 0.0320. The van der Waals surface area contributed by atoms with Gasteiger partial charge in [-0.15, -0.1) is 11.3 Å². The molecule has 3 aliphatic rings. The number of rotatable bonds is 22. The molecule has 0 spiro atoms. The summed E-state index contributed by atoms with van der Waals surface area (Å²) in [5.74, 6) is -0.263. The van der Waals surface area contributed by atoms with Crippen LogP contribution in [0.25, 0.3) is 0 Å². The summed E-state index contributed by atoms with van der Waals surface area (Å²) < 4.78 is 19.6. The van der Waals surface area contributed by atoms with E-state index in [0.717, 1.165) is 122 Å². The van der Waals surface area contributed by atoms with E-state index in [1.165, 1.54) is 30.2 Å². The average molecular weight is 1280 g/mol. The van der Waals surface area contributed by atoms with Gasteiger partial charge in [-0.05, 0) is 59.0 Å². The summed E-state index contributed by atoms with van der Waals surface area (Å²) in [5.41, 5.74) is 3.35. The van der Waals surface area contributed by atoms with Crippen molar-refractivity contribution in [2.75, 3.05) is 129 Å². The minimum Gasteiger partial charge on any atom is -0.464 e. The van der Waals surface area contributed by atoms with Gasteiger partial charge in [0, 0.05) is 31.2 Å². The maximum atomic E-state index is 13.5. The van der Waals surface area contributed by atoms with Crippen LogP contribution in [0.2, 0.25) is 0 Å². The molecule has 1 aromatic heterocycles. The first-order valence-corrected chi connectivity index (χ1v) is 34.5. The Morgan fingerprint density at radius 1 is 0.467 bits per heavy atom. The van der Waals surface area contributed by atoms with Crippen molar-refractivity contribution in [1.29, 1.82) is 0 Å². The fraction of sp³-hybridized carbons (Fsp3) is 0.494. The van der Waals surface area contributed by atoms with Gasteiger partial charge < -0.3 is 27.7 Å². The number of methoxy groups -OCH3 is 3. The number of carbonyl (C=O) groups is 5. The topological polar surface area (TPSA) is 113 Å². The molecule has 4 heterocycles. The lowest BCUT2D eigenvalue weighted by Crippen LogP contribution is -2.78. The summed E-state index contributed by atoms with van der Waals surface area (Å²) in [6.07, 6.45) is 8.17. The number of esters is 2. The van der Waals surface area contributed by atoms with Crippen LogP contribution in [0.4, 0.5) is 17.1 Å². The van der Waals surface area contributed by atoms with Gasteiger partial charge in [0.2, 0.25) is 11.1 Å². The summed E-state index contributed by atoms with van der Waals surface area (Å²) in [5, 5.41) is 2.16. The Bertz CT molecular complexity index is 3310. The molecule has 92 heavy (non-hydrogen) atoms. The number of ether oxygens (including phenoxy) is 3. The Labute approximate surface area is 555 Å². The van der Waals surface area contributed by atoms with Crippen LogP contribution in [-0.4, -0.2) is 189 Å². The van der Waals surface area contributed by atoms with Gasteiger partial charge in [0.15, 0.2) is 0 Å². The zero-order valence-electron chi connectivity index (χ0n) is 57.9. The quantitative estimate of drug-likeness (QED) is 0.0488. The summed E-state index contributed by atoms with van der Waals surface area (Å²) in [4.78, 5) is 68.6. The summed E-state index contributed by atoms with van der Waals surface area (Å²) in [7, 11) is 17.5. The van der Waals surface area contributed by atoms with Gasteiger partial charge in [-0.1, -0.05) is 149 Å². The Morgan fingerprint density at radius 3 is 1.26 bits per heavy atom. The molecule has 9 rings (SSSR count). The molecule has 3 aliphatic heterocycles. The van der Waals surface area contributed by atoms with E-state index < -0.39 is 11.1 Å². The number of thiophene rings is 1. The Hall–Kier alpha value is -6.53. The van der Waals surface area contributed by atoms with Crippen LogP contribution in [0.15, 0.2) is 169 Å². The highest BCUT2D eigenvalue weighted by molar-refractivity contribution is 7.09. The van der Waals surface area contributed by atoms with E-state index in [2.05, 4.69) is 113 Å². The predicted molar refractivity (Wildman–Crippen MR) is 375 cm³/mol. The molecule has 0 saturated carbocycles. The van der Waals surface area contributed by atoms with Crippen LogP contribution < -0.4 is 13.4 Å². The lowest BCUT2D eigenvalue weighted by atomic mass is 9.73. The predicted octanol–water partition coefficient (Wildman–Crippen LogP) is 12.6. The lowest BCUT2D eigenvalue weighted by Gasteiger charge is -2.54. The number of para-hydroxylation sites is 3. The van der Waals surface area contributed by atoms with Crippen molar-refractivity contribution in [1.82, 2.24) is 13.4 Å². The monoisotopic (exact) mass is 1280 g/mol. The number of amides is 3. The normalized spacial score (nSPS) is 26.5. The summed E-state index contributed by atoms with van der Waals surface area (Å²) >= 11 is 1.85. The highest BCUT2D eigenvalue weighted by Crippen LogP contribution is 2.47. The van der Waals surface area contributed by atoms with Crippen molar-refractivity contribution in [2.24, 2.45) is 5.92 Å². The molecule has 0 aliphatic carbocycles. The summed E-state index contributed by atoms with van der Waals surface area (Å²) in [6.45, 7) is 17.1. The molecule has 0 radical (unpaired) electrons. The number of piperidine rings is 3. The highest BCUT2D eigenvalue weighted by Gasteiger charge is 2.68. The molecule has 14 nitrogen and oxygen atoms in total. The van der Waals surface area contributed by atoms with E-state index in [0.29, 0.717) is 49.6 Å². The number of likely N-dealkylation sites (tertiary alicyclic amines) is 3. The molecule has 6 aromatic rings. The maximum Gasteiger partial charge on any atom is 0.369 e. The van der Waals surface area contributed by atoms with Crippen LogP contribution in [0, 0.1) is 5.92 Å². The maximum absolute atomic E-state index is 13.5. The van der Waals surface area contributed by atoms with Gasteiger partial charge in [0.1, 0.15) is 29.2 Å². The van der Waals surface area contributed by atoms with Crippen LogP contribution in [0.1, 0.15) is 95.1 Å².